The van der Waals surface area contributed by atoms with E-state index in [-0.39, 0.29) is 18.2 Å². The van der Waals surface area contributed by atoms with Crippen molar-refractivity contribution in [1.29, 1.82) is 0 Å². The second kappa shape index (κ2) is 6.06. The summed E-state index contributed by atoms with van der Waals surface area (Å²) < 4.78 is 10.9. The van der Waals surface area contributed by atoms with Crippen LogP contribution in [0, 0.1) is 6.92 Å². The maximum absolute atomic E-state index is 12.1. The van der Waals surface area contributed by atoms with Crippen LogP contribution in [0.15, 0.2) is 18.2 Å². The predicted molar refractivity (Wildman–Crippen MR) is 74.1 cm³/mol. The summed E-state index contributed by atoms with van der Waals surface area (Å²) in [4.78, 5) is 12.1. The number of benzene rings is 1. The van der Waals surface area contributed by atoms with E-state index in [0.717, 1.165) is 31.2 Å². The Morgan fingerprint density at radius 2 is 2.05 bits per heavy atom. The van der Waals surface area contributed by atoms with E-state index in [1.807, 2.05) is 19.1 Å². The van der Waals surface area contributed by atoms with Gasteiger partial charge < -0.3 is 15.2 Å². The lowest BCUT2D eigenvalue weighted by Gasteiger charge is -2.28. The van der Waals surface area contributed by atoms with Gasteiger partial charge in [0.2, 0.25) is 0 Å². The van der Waals surface area contributed by atoms with E-state index in [0.29, 0.717) is 11.3 Å². The lowest BCUT2D eigenvalue weighted by molar-refractivity contribution is -0.0148. The van der Waals surface area contributed by atoms with Crippen LogP contribution in [0.2, 0.25) is 0 Å². The fraction of sp³-hybridized carbons (Fsp3) is 0.533. The number of ether oxygens (including phenoxy) is 2. The second-order valence-electron chi connectivity index (χ2n) is 5.09. The van der Waals surface area contributed by atoms with Gasteiger partial charge in [0, 0.05) is 19.2 Å². The molecule has 4 heteroatoms. The van der Waals surface area contributed by atoms with Crippen LogP contribution in [-0.2, 0) is 9.47 Å². The molecule has 2 rings (SSSR count). The maximum atomic E-state index is 12.1. The molecule has 2 unspecified atom stereocenters. The number of aryl methyl sites for hydroxylation is 1. The van der Waals surface area contributed by atoms with Gasteiger partial charge >= 0.3 is 5.97 Å². The number of nitrogen functional groups attached to an aromatic ring is 1. The monoisotopic (exact) mass is 263 g/mol. The summed E-state index contributed by atoms with van der Waals surface area (Å²) >= 11 is 0. The van der Waals surface area contributed by atoms with Crippen molar-refractivity contribution in [1.82, 2.24) is 0 Å². The fourth-order valence-electron chi connectivity index (χ4n) is 2.50. The highest BCUT2D eigenvalue weighted by molar-refractivity contribution is 5.95. The highest BCUT2D eigenvalue weighted by atomic mass is 16.5. The number of hydrogen-bond donors (Lipinski definition) is 1. The average Bonchev–Trinajstić information content (AvgIpc) is 2.42. The minimum atomic E-state index is -0.331. The SMILES string of the molecule is COC1CCCC(OC(=O)c2cccc(C)c2N)C1. The second-order valence-corrected chi connectivity index (χ2v) is 5.09. The highest BCUT2D eigenvalue weighted by Crippen LogP contribution is 2.25. The third-order valence-electron chi connectivity index (χ3n) is 3.73. The van der Waals surface area contributed by atoms with Crippen molar-refractivity contribution in [3.05, 3.63) is 29.3 Å². The first-order valence-electron chi connectivity index (χ1n) is 6.70. The number of methoxy groups -OCH3 is 1. The molecule has 0 radical (unpaired) electrons. The number of carbonyl (C=O) groups is 1. The molecule has 0 saturated heterocycles. The standard InChI is InChI=1S/C15H21NO3/c1-10-5-3-8-13(14(10)16)15(17)19-12-7-4-6-11(9-12)18-2/h3,5,8,11-12H,4,6-7,9,16H2,1-2H3. The molecule has 1 fully saturated rings. The van der Waals surface area contributed by atoms with E-state index in [2.05, 4.69) is 0 Å². The third-order valence-corrected chi connectivity index (χ3v) is 3.73. The van der Waals surface area contributed by atoms with Crippen molar-refractivity contribution in [2.75, 3.05) is 12.8 Å². The van der Waals surface area contributed by atoms with Gasteiger partial charge in [-0.05, 0) is 37.8 Å². The van der Waals surface area contributed by atoms with Crippen molar-refractivity contribution in [2.24, 2.45) is 0 Å². The Labute approximate surface area is 113 Å². The molecule has 104 valence electrons. The summed E-state index contributed by atoms with van der Waals surface area (Å²) in [6.07, 6.45) is 3.87. The summed E-state index contributed by atoms with van der Waals surface area (Å²) in [6.45, 7) is 1.88. The van der Waals surface area contributed by atoms with Gasteiger partial charge in [-0.2, -0.15) is 0 Å². The summed E-state index contributed by atoms with van der Waals surface area (Å²) in [5, 5.41) is 0. The van der Waals surface area contributed by atoms with Crippen LogP contribution in [-0.4, -0.2) is 25.3 Å². The van der Waals surface area contributed by atoms with Crippen LogP contribution in [0.4, 0.5) is 5.69 Å². The van der Waals surface area contributed by atoms with E-state index < -0.39 is 0 Å². The molecule has 2 N–H and O–H groups in total. The molecule has 0 bridgehead atoms. The molecule has 0 spiro atoms. The number of para-hydroxylation sites is 1. The molecule has 1 aliphatic carbocycles. The predicted octanol–water partition coefficient (Wildman–Crippen LogP) is 2.69. The Morgan fingerprint density at radius 1 is 1.32 bits per heavy atom. The molecule has 2 atom stereocenters. The number of nitrogens with two attached hydrogens (primary N) is 1. The van der Waals surface area contributed by atoms with Crippen molar-refractivity contribution in [3.63, 3.8) is 0 Å². The van der Waals surface area contributed by atoms with Gasteiger partial charge in [-0.3, -0.25) is 0 Å². The fourth-order valence-corrected chi connectivity index (χ4v) is 2.50. The van der Waals surface area contributed by atoms with Crippen LogP contribution in [0.3, 0.4) is 0 Å². The van der Waals surface area contributed by atoms with Gasteiger partial charge in [-0.1, -0.05) is 12.1 Å². The molecule has 19 heavy (non-hydrogen) atoms. The average molecular weight is 263 g/mol. The number of rotatable bonds is 3. The van der Waals surface area contributed by atoms with Crippen LogP contribution >= 0.6 is 0 Å². The summed E-state index contributed by atoms with van der Waals surface area (Å²) in [5.41, 5.74) is 7.78. The molecule has 0 amide bonds. The number of carbonyl (C=O) groups excluding carboxylic acids is 1. The van der Waals surface area contributed by atoms with Crippen LogP contribution in [0.25, 0.3) is 0 Å². The number of esters is 1. The molecule has 4 nitrogen and oxygen atoms in total. The molecule has 0 aromatic heterocycles. The van der Waals surface area contributed by atoms with E-state index >= 15 is 0 Å². The zero-order valence-corrected chi connectivity index (χ0v) is 11.5. The largest absolute Gasteiger partial charge is 0.459 e. The molecule has 0 aliphatic heterocycles. The Bertz CT molecular complexity index is 459. The van der Waals surface area contributed by atoms with E-state index in [4.69, 9.17) is 15.2 Å². The Balaban J connectivity index is 2.02. The van der Waals surface area contributed by atoms with Gasteiger partial charge in [0.1, 0.15) is 6.10 Å². The first-order valence-corrected chi connectivity index (χ1v) is 6.70. The van der Waals surface area contributed by atoms with Gasteiger partial charge in [-0.15, -0.1) is 0 Å². The van der Waals surface area contributed by atoms with Gasteiger partial charge in [0.25, 0.3) is 0 Å². The normalized spacial score (nSPS) is 23.1. The van der Waals surface area contributed by atoms with Gasteiger partial charge in [-0.25, -0.2) is 4.79 Å². The van der Waals surface area contributed by atoms with Crippen molar-refractivity contribution < 1.29 is 14.3 Å². The van der Waals surface area contributed by atoms with Crippen molar-refractivity contribution >= 4 is 11.7 Å². The van der Waals surface area contributed by atoms with Crippen LogP contribution < -0.4 is 5.73 Å². The molecule has 1 saturated carbocycles. The minimum absolute atomic E-state index is 0.0638. The Morgan fingerprint density at radius 3 is 2.79 bits per heavy atom. The van der Waals surface area contributed by atoms with Crippen molar-refractivity contribution in [2.45, 2.75) is 44.8 Å². The lowest BCUT2D eigenvalue weighted by atomic mass is 9.95. The molecule has 1 aliphatic rings. The topological polar surface area (TPSA) is 61.5 Å². The van der Waals surface area contributed by atoms with Gasteiger partial charge in [0.05, 0.1) is 11.7 Å². The summed E-state index contributed by atoms with van der Waals surface area (Å²) in [6, 6.07) is 5.41. The molecule has 0 heterocycles. The van der Waals surface area contributed by atoms with E-state index in [1.54, 1.807) is 13.2 Å². The molecular formula is C15H21NO3. The zero-order valence-electron chi connectivity index (χ0n) is 11.5. The van der Waals surface area contributed by atoms with E-state index in [1.165, 1.54) is 0 Å². The van der Waals surface area contributed by atoms with Crippen molar-refractivity contribution in [3.8, 4) is 0 Å². The number of anilines is 1. The number of hydrogen-bond acceptors (Lipinski definition) is 4. The lowest BCUT2D eigenvalue weighted by Crippen LogP contribution is -2.29. The Hall–Kier alpha value is -1.55. The van der Waals surface area contributed by atoms with Crippen LogP contribution in [0.5, 0.6) is 0 Å². The first kappa shape index (κ1) is 13.9. The Kier molecular flexibility index (Phi) is 4.43. The third kappa shape index (κ3) is 3.26. The van der Waals surface area contributed by atoms with Gasteiger partial charge in [0.15, 0.2) is 0 Å². The molecular weight excluding hydrogens is 242 g/mol. The summed E-state index contributed by atoms with van der Waals surface area (Å²) in [7, 11) is 1.70. The maximum Gasteiger partial charge on any atom is 0.340 e. The highest BCUT2D eigenvalue weighted by Gasteiger charge is 2.25. The summed E-state index contributed by atoms with van der Waals surface area (Å²) in [5.74, 6) is -0.331. The van der Waals surface area contributed by atoms with Crippen LogP contribution in [0.1, 0.15) is 41.6 Å². The zero-order chi connectivity index (χ0) is 13.8. The minimum Gasteiger partial charge on any atom is -0.459 e. The quantitative estimate of drug-likeness (QED) is 0.672. The molecule has 1 aromatic carbocycles. The molecule has 1 aromatic rings. The van der Waals surface area contributed by atoms with E-state index in [9.17, 15) is 4.79 Å². The first-order chi connectivity index (χ1) is 9.11. The smallest absolute Gasteiger partial charge is 0.340 e.